The average molecular weight is 456 g/mol. The predicted molar refractivity (Wildman–Crippen MR) is 112 cm³/mol. The fraction of sp³-hybridized carbons (Fsp3) is 0.500. The number of piperidine rings is 1. The van der Waals surface area contributed by atoms with Gasteiger partial charge in [-0.05, 0) is 44.9 Å². The van der Waals surface area contributed by atoms with Crippen LogP contribution in [0.3, 0.4) is 0 Å². The lowest BCUT2D eigenvalue weighted by molar-refractivity contribution is -0.135. The van der Waals surface area contributed by atoms with Crippen molar-refractivity contribution in [2.75, 3.05) is 27.2 Å². The van der Waals surface area contributed by atoms with Crippen LogP contribution < -0.4 is 4.74 Å². The second-order valence-electron chi connectivity index (χ2n) is 7.51. The minimum atomic E-state index is -3.78. The lowest BCUT2D eigenvalue weighted by Gasteiger charge is -2.33. The summed E-state index contributed by atoms with van der Waals surface area (Å²) in [6.07, 6.45) is 1.23. The zero-order chi connectivity index (χ0) is 22.1. The summed E-state index contributed by atoms with van der Waals surface area (Å²) in [5.41, 5.74) is 1.11. The Labute approximate surface area is 181 Å². The molecule has 8 nitrogen and oxygen atoms in total. The van der Waals surface area contributed by atoms with Crippen molar-refractivity contribution < 1.29 is 22.5 Å². The van der Waals surface area contributed by atoms with E-state index in [1.54, 1.807) is 51.1 Å². The van der Waals surface area contributed by atoms with E-state index in [0.717, 1.165) is 5.56 Å². The number of aryl methyl sites for hydroxylation is 2. The van der Waals surface area contributed by atoms with E-state index in [-0.39, 0.29) is 23.1 Å². The number of hydrogen-bond acceptors (Lipinski definition) is 6. The van der Waals surface area contributed by atoms with Gasteiger partial charge in [-0.3, -0.25) is 4.79 Å². The molecule has 0 spiro atoms. The average Bonchev–Trinajstić information content (AvgIpc) is 3.06. The van der Waals surface area contributed by atoms with Crippen LogP contribution in [0.2, 0.25) is 5.02 Å². The number of amides is 1. The van der Waals surface area contributed by atoms with Crippen LogP contribution in [-0.2, 0) is 21.4 Å². The molecule has 0 bridgehead atoms. The monoisotopic (exact) mass is 455 g/mol. The number of halogens is 1. The molecule has 2 aromatic rings. The van der Waals surface area contributed by atoms with Crippen LogP contribution in [0.5, 0.6) is 5.75 Å². The van der Waals surface area contributed by atoms with E-state index >= 15 is 0 Å². The summed E-state index contributed by atoms with van der Waals surface area (Å²) in [6.45, 7) is 3.98. The van der Waals surface area contributed by atoms with Crippen LogP contribution in [0.15, 0.2) is 27.6 Å². The zero-order valence-electron chi connectivity index (χ0n) is 17.5. The van der Waals surface area contributed by atoms with Crippen molar-refractivity contribution in [1.29, 1.82) is 0 Å². The third-order valence-electron chi connectivity index (χ3n) is 5.33. The zero-order valence-corrected chi connectivity index (χ0v) is 19.1. The van der Waals surface area contributed by atoms with Gasteiger partial charge in [-0.15, -0.1) is 0 Å². The third kappa shape index (κ3) is 4.48. The van der Waals surface area contributed by atoms with Crippen LogP contribution in [0, 0.1) is 19.8 Å². The first-order valence-electron chi connectivity index (χ1n) is 9.65. The summed E-state index contributed by atoms with van der Waals surface area (Å²) in [5.74, 6) is 0.358. The molecule has 10 heteroatoms. The largest absolute Gasteiger partial charge is 0.496 e. The molecular weight excluding hydrogens is 430 g/mol. The molecule has 1 fully saturated rings. The number of rotatable bonds is 6. The summed E-state index contributed by atoms with van der Waals surface area (Å²) in [6, 6.07) is 5.25. The minimum absolute atomic E-state index is 0.0904. The van der Waals surface area contributed by atoms with Gasteiger partial charge in [-0.25, -0.2) is 8.42 Å². The Morgan fingerprint density at radius 3 is 2.77 bits per heavy atom. The number of ether oxygens (including phenoxy) is 1. The maximum Gasteiger partial charge on any atom is 0.248 e. The molecule has 1 amide bonds. The molecule has 2 heterocycles. The quantitative estimate of drug-likeness (QED) is 0.664. The van der Waals surface area contributed by atoms with Crippen molar-refractivity contribution in [3.63, 3.8) is 0 Å². The predicted octanol–water partition coefficient (Wildman–Crippen LogP) is 3.01. The second kappa shape index (κ2) is 8.95. The molecule has 0 aliphatic carbocycles. The van der Waals surface area contributed by atoms with E-state index in [2.05, 4.69) is 5.16 Å². The van der Waals surface area contributed by atoms with Gasteiger partial charge in [0.25, 0.3) is 0 Å². The summed E-state index contributed by atoms with van der Waals surface area (Å²) in [5, 5.41) is 4.31. The number of nitrogens with zero attached hydrogens (tertiary/aromatic N) is 3. The molecule has 1 aliphatic heterocycles. The highest BCUT2D eigenvalue weighted by Gasteiger charge is 2.37. The Hall–Kier alpha value is -2.10. The van der Waals surface area contributed by atoms with Gasteiger partial charge in [0.1, 0.15) is 16.3 Å². The first kappa shape index (κ1) is 22.6. The Morgan fingerprint density at radius 1 is 1.40 bits per heavy atom. The first-order valence-corrected chi connectivity index (χ1v) is 11.5. The molecule has 1 aromatic carbocycles. The SMILES string of the molecule is COc1ccc(Cl)cc1CN(C)C(=O)C1CCCN(S(=O)(=O)c2c(C)noc2C)C1. The third-order valence-corrected chi connectivity index (χ3v) is 7.67. The van der Waals surface area contributed by atoms with Crippen LogP contribution in [0.4, 0.5) is 0 Å². The summed E-state index contributed by atoms with van der Waals surface area (Å²) in [4.78, 5) is 14.8. The Balaban J connectivity index is 1.75. The Bertz CT molecular complexity index is 1020. The van der Waals surface area contributed by atoms with Crippen molar-refractivity contribution in [1.82, 2.24) is 14.4 Å². The van der Waals surface area contributed by atoms with Crippen molar-refractivity contribution in [2.24, 2.45) is 5.92 Å². The number of carbonyl (C=O) groups is 1. The van der Waals surface area contributed by atoms with Crippen LogP contribution in [-0.4, -0.2) is 55.9 Å². The molecule has 164 valence electrons. The van der Waals surface area contributed by atoms with E-state index < -0.39 is 15.9 Å². The second-order valence-corrected chi connectivity index (χ2v) is 9.82. The van der Waals surface area contributed by atoms with E-state index in [1.807, 2.05) is 0 Å². The first-order chi connectivity index (χ1) is 14.1. The van der Waals surface area contributed by atoms with Gasteiger partial charge in [-0.2, -0.15) is 4.31 Å². The van der Waals surface area contributed by atoms with Crippen LogP contribution in [0.25, 0.3) is 0 Å². The van der Waals surface area contributed by atoms with E-state index in [4.69, 9.17) is 20.9 Å². The summed E-state index contributed by atoms with van der Waals surface area (Å²) in [7, 11) is -0.517. The fourth-order valence-electron chi connectivity index (χ4n) is 3.85. The lowest BCUT2D eigenvalue weighted by Crippen LogP contribution is -2.45. The van der Waals surface area contributed by atoms with Gasteiger partial charge in [0, 0.05) is 37.3 Å². The van der Waals surface area contributed by atoms with E-state index in [0.29, 0.717) is 42.4 Å². The van der Waals surface area contributed by atoms with Crippen molar-refractivity contribution in [2.45, 2.75) is 38.1 Å². The minimum Gasteiger partial charge on any atom is -0.496 e. The topological polar surface area (TPSA) is 93.0 Å². The Morgan fingerprint density at radius 2 is 2.13 bits per heavy atom. The molecule has 1 aromatic heterocycles. The number of sulfonamides is 1. The van der Waals surface area contributed by atoms with Gasteiger partial charge >= 0.3 is 0 Å². The van der Waals surface area contributed by atoms with Crippen molar-refractivity contribution >= 4 is 27.5 Å². The van der Waals surface area contributed by atoms with Gasteiger partial charge in [-0.1, -0.05) is 16.8 Å². The smallest absolute Gasteiger partial charge is 0.248 e. The van der Waals surface area contributed by atoms with Gasteiger partial charge in [0.15, 0.2) is 5.76 Å². The molecule has 0 radical (unpaired) electrons. The molecular formula is C20H26ClN3O5S. The maximum absolute atomic E-state index is 13.1. The van der Waals surface area contributed by atoms with E-state index in [9.17, 15) is 13.2 Å². The number of hydrogen-bond donors (Lipinski definition) is 0. The van der Waals surface area contributed by atoms with Crippen molar-refractivity contribution in [3.05, 3.63) is 40.2 Å². The molecule has 1 aliphatic rings. The highest BCUT2D eigenvalue weighted by atomic mass is 35.5. The van der Waals surface area contributed by atoms with E-state index in [1.165, 1.54) is 4.31 Å². The highest BCUT2D eigenvalue weighted by Crippen LogP contribution is 2.29. The number of benzene rings is 1. The Kier molecular flexibility index (Phi) is 6.74. The molecule has 0 saturated carbocycles. The van der Waals surface area contributed by atoms with Gasteiger partial charge in [0.2, 0.25) is 15.9 Å². The van der Waals surface area contributed by atoms with Crippen LogP contribution >= 0.6 is 11.6 Å². The number of carbonyl (C=O) groups excluding carboxylic acids is 1. The van der Waals surface area contributed by atoms with Gasteiger partial charge < -0.3 is 14.2 Å². The maximum atomic E-state index is 13.1. The number of methoxy groups -OCH3 is 1. The molecule has 1 saturated heterocycles. The molecule has 0 N–H and O–H groups in total. The molecule has 1 atom stereocenters. The highest BCUT2D eigenvalue weighted by molar-refractivity contribution is 7.89. The lowest BCUT2D eigenvalue weighted by atomic mass is 9.98. The molecule has 1 unspecified atom stereocenters. The summed E-state index contributed by atoms with van der Waals surface area (Å²) < 4.78 is 38.0. The number of aromatic nitrogens is 1. The molecule has 30 heavy (non-hydrogen) atoms. The van der Waals surface area contributed by atoms with Gasteiger partial charge in [0.05, 0.1) is 13.0 Å². The fourth-order valence-corrected chi connectivity index (χ4v) is 5.86. The molecule has 3 rings (SSSR count). The summed E-state index contributed by atoms with van der Waals surface area (Å²) >= 11 is 6.08. The normalized spacial score (nSPS) is 17.7. The van der Waals surface area contributed by atoms with Crippen LogP contribution in [0.1, 0.15) is 29.9 Å². The standard InChI is InChI=1S/C20H26ClN3O5S/c1-13-19(14(2)29-22-13)30(26,27)24-9-5-6-15(12-24)20(25)23(3)11-16-10-17(21)7-8-18(16)28-4/h7-8,10,15H,5-6,9,11-12H2,1-4H3. The van der Waals surface area contributed by atoms with Crippen molar-refractivity contribution in [3.8, 4) is 5.75 Å².